The van der Waals surface area contributed by atoms with Crippen LogP contribution in [0.3, 0.4) is 0 Å². The summed E-state index contributed by atoms with van der Waals surface area (Å²) in [6.07, 6.45) is 0. The maximum Gasteiger partial charge on any atom is 0.126 e. The molecule has 0 saturated carbocycles. The number of hydrogen-bond donors (Lipinski definition) is 0. The van der Waals surface area contributed by atoms with Crippen molar-refractivity contribution in [1.29, 1.82) is 0 Å². The van der Waals surface area contributed by atoms with Gasteiger partial charge in [0.2, 0.25) is 0 Å². The summed E-state index contributed by atoms with van der Waals surface area (Å²) in [5.74, 6) is 0.858. The van der Waals surface area contributed by atoms with Crippen molar-refractivity contribution in [3.05, 3.63) is 53.1 Å². The first-order valence-corrected chi connectivity index (χ1v) is 7.73. The molecule has 0 heterocycles. The summed E-state index contributed by atoms with van der Waals surface area (Å²) in [5, 5.41) is 1.55. The molecule has 2 rings (SSSR count). The predicted molar refractivity (Wildman–Crippen MR) is 87.4 cm³/mol. The molecular weight excluding hydrogens is 324 g/mol. The van der Waals surface area contributed by atoms with Crippen LogP contribution in [0.1, 0.15) is 19.4 Å². The lowest BCUT2D eigenvalue weighted by atomic mass is 10.0. The molecule has 2 aromatic rings. The Bertz CT molecular complexity index is 526. The normalized spacial score (nSPS) is 9.53. The molecule has 0 N–H and O–H groups in total. The molecule has 0 saturated heterocycles. The molecule has 0 atom stereocenters. The number of hydrogen-bond acceptors (Lipinski definition) is 1. The maximum absolute atomic E-state index is 6.01. The number of halogens is 2. The Kier molecular flexibility index (Phi) is 6.96. The molecule has 0 bridgehead atoms. The summed E-state index contributed by atoms with van der Waals surface area (Å²) in [6.45, 7) is 4.00. The van der Waals surface area contributed by atoms with E-state index in [1.54, 1.807) is 7.11 Å². The van der Waals surface area contributed by atoms with Crippen LogP contribution in [0.25, 0.3) is 11.1 Å². The average Bonchev–Trinajstić information content (AvgIpc) is 2.48. The second-order valence-corrected chi connectivity index (χ2v) is 4.68. The van der Waals surface area contributed by atoms with E-state index < -0.39 is 0 Å². The van der Waals surface area contributed by atoms with Crippen LogP contribution >= 0.6 is 27.5 Å². The van der Waals surface area contributed by atoms with Gasteiger partial charge in [-0.3, -0.25) is 0 Å². The molecule has 3 heteroatoms. The Morgan fingerprint density at radius 3 is 2.42 bits per heavy atom. The summed E-state index contributed by atoms with van der Waals surface area (Å²) < 4.78 is 5.38. The third-order valence-corrected chi connectivity index (χ3v) is 3.44. The van der Waals surface area contributed by atoms with Crippen molar-refractivity contribution in [1.82, 2.24) is 0 Å². The summed E-state index contributed by atoms with van der Waals surface area (Å²) >= 11 is 9.47. The van der Waals surface area contributed by atoms with Crippen molar-refractivity contribution in [2.45, 2.75) is 19.2 Å². The van der Waals surface area contributed by atoms with Gasteiger partial charge in [0.1, 0.15) is 5.75 Å². The van der Waals surface area contributed by atoms with Crippen LogP contribution in [-0.4, -0.2) is 7.11 Å². The molecule has 0 radical (unpaired) electrons. The van der Waals surface area contributed by atoms with Gasteiger partial charge in [0.05, 0.1) is 7.11 Å². The molecule has 0 aromatic heterocycles. The van der Waals surface area contributed by atoms with Crippen LogP contribution in [0, 0.1) is 0 Å². The van der Waals surface area contributed by atoms with Crippen LogP contribution < -0.4 is 4.74 Å². The van der Waals surface area contributed by atoms with E-state index in [-0.39, 0.29) is 0 Å². The van der Waals surface area contributed by atoms with Crippen LogP contribution in [0.5, 0.6) is 5.75 Å². The Hall–Kier alpha value is -0.990. The van der Waals surface area contributed by atoms with Crippen LogP contribution in [0.4, 0.5) is 0 Å². The van der Waals surface area contributed by atoms with Gasteiger partial charge in [-0.15, -0.1) is 0 Å². The Morgan fingerprint density at radius 2 is 1.84 bits per heavy atom. The first-order valence-electron chi connectivity index (χ1n) is 6.23. The first-order chi connectivity index (χ1) is 9.24. The molecule has 0 spiro atoms. The zero-order chi connectivity index (χ0) is 14.3. The summed E-state index contributed by atoms with van der Waals surface area (Å²) in [7, 11) is 1.68. The first kappa shape index (κ1) is 16.1. The number of rotatable bonds is 3. The Labute approximate surface area is 128 Å². The number of benzene rings is 2. The van der Waals surface area contributed by atoms with Gasteiger partial charge in [-0.05, 0) is 35.4 Å². The van der Waals surface area contributed by atoms with Gasteiger partial charge in [-0.1, -0.05) is 59.6 Å². The van der Waals surface area contributed by atoms with E-state index in [4.69, 9.17) is 16.3 Å². The molecule has 102 valence electrons. The molecule has 0 unspecified atom stereocenters. The minimum absolute atomic E-state index is 0.730. The fourth-order valence-electron chi connectivity index (χ4n) is 1.72. The van der Waals surface area contributed by atoms with Crippen LogP contribution in [0.2, 0.25) is 5.02 Å². The summed E-state index contributed by atoms with van der Waals surface area (Å²) in [6, 6.07) is 13.9. The maximum atomic E-state index is 6.01. The van der Waals surface area contributed by atoms with Gasteiger partial charge < -0.3 is 4.74 Å². The summed E-state index contributed by atoms with van der Waals surface area (Å²) in [5.41, 5.74) is 3.34. The Balaban J connectivity index is 0.000000861. The van der Waals surface area contributed by atoms with Crippen LogP contribution in [-0.2, 0) is 5.33 Å². The quantitative estimate of drug-likeness (QED) is 0.628. The van der Waals surface area contributed by atoms with E-state index >= 15 is 0 Å². The minimum atomic E-state index is 0.730. The van der Waals surface area contributed by atoms with Gasteiger partial charge >= 0.3 is 0 Å². The van der Waals surface area contributed by atoms with Gasteiger partial charge in [0.15, 0.2) is 0 Å². The highest BCUT2D eigenvalue weighted by atomic mass is 79.9. The summed E-state index contributed by atoms with van der Waals surface area (Å²) in [4.78, 5) is 0. The molecule has 2 aromatic carbocycles. The van der Waals surface area contributed by atoms with E-state index in [1.807, 2.05) is 50.2 Å². The number of methoxy groups -OCH3 is 1. The largest absolute Gasteiger partial charge is 0.496 e. The number of alkyl halides is 1. The molecule has 0 aliphatic heterocycles. The van der Waals surface area contributed by atoms with Crippen LogP contribution in [0.15, 0.2) is 42.5 Å². The molecule has 0 fully saturated rings. The van der Waals surface area contributed by atoms with Gasteiger partial charge in [-0.2, -0.15) is 0 Å². The standard InChI is InChI=1S/C14H12BrClO.C2H6/c1-17-14-6-5-10(9-15)7-13(14)11-3-2-4-12(16)8-11;1-2/h2-8H,9H2,1H3;1-2H3. The fraction of sp³-hybridized carbons (Fsp3) is 0.250. The minimum Gasteiger partial charge on any atom is -0.496 e. The van der Waals surface area contributed by atoms with Crippen molar-refractivity contribution >= 4 is 27.5 Å². The van der Waals surface area contributed by atoms with Crippen molar-refractivity contribution in [3.8, 4) is 16.9 Å². The predicted octanol–water partition coefficient (Wildman–Crippen LogP) is 5.94. The SMILES string of the molecule is CC.COc1ccc(CBr)cc1-c1cccc(Cl)c1. The monoisotopic (exact) mass is 340 g/mol. The number of ether oxygens (including phenoxy) is 1. The third-order valence-electron chi connectivity index (χ3n) is 2.55. The molecule has 0 aliphatic rings. The van der Waals surface area contributed by atoms with Crippen molar-refractivity contribution in [2.24, 2.45) is 0 Å². The zero-order valence-corrected chi connectivity index (χ0v) is 13.8. The molecule has 0 amide bonds. The highest BCUT2D eigenvalue weighted by Crippen LogP contribution is 2.32. The average molecular weight is 342 g/mol. The van der Waals surface area contributed by atoms with Gasteiger partial charge in [-0.25, -0.2) is 0 Å². The third kappa shape index (κ3) is 4.26. The van der Waals surface area contributed by atoms with E-state index in [0.717, 1.165) is 27.2 Å². The smallest absolute Gasteiger partial charge is 0.126 e. The lowest BCUT2D eigenvalue weighted by molar-refractivity contribution is 0.416. The zero-order valence-electron chi connectivity index (χ0n) is 11.4. The van der Waals surface area contributed by atoms with Crippen molar-refractivity contribution in [2.75, 3.05) is 7.11 Å². The highest BCUT2D eigenvalue weighted by Gasteiger charge is 2.07. The molecular formula is C16H18BrClO. The van der Waals surface area contributed by atoms with E-state index in [9.17, 15) is 0 Å². The highest BCUT2D eigenvalue weighted by molar-refractivity contribution is 9.08. The van der Waals surface area contributed by atoms with Crippen molar-refractivity contribution < 1.29 is 4.74 Å². The Morgan fingerprint density at radius 1 is 1.11 bits per heavy atom. The lowest BCUT2D eigenvalue weighted by Gasteiger charge is -2.10. The van der Waals surface area contributed by atoms with Crippen molar-refractivity contribution in [3.63, 3.8) is 0 Å². The second kappa shape index (κ2) is 8.23. The molecule has 19 heavy (non-hydrogen) atoms. The van der Waals surface area contributed by atoms with E-state index in [0.29, 0.717) is 0 Å². The fourth-order valence-corrected chi connectivity index (χ4v) is 2.26. The second-order valence-electron chi connectivity index (χ2n) is 3.68. The molecule has 1 nitrogen and oxygen atoms in total. The topological polar surface area (TPSA) is 9.23 Å². The van der Waals surface area contributed by atoms with E-state index in [2.05, 4.69) is 22.0 Å². The van der Waals surface area contributed by atoms with E-state index in [1.165, 1.54) is 5.56 Å². The lowest BCUT2D eigenvalue weighted by Crippen LogP contribution is -1.89. The van der Waals surface area contributed by atoms with Gasteiger partial charge in [0, 0.05) is 15.9 Å². The molecule has 0 aliphatic carbocycles. The van der Waals surface area contributed by atoms with Gasteiger partial charge in [0.25, 0.3) is 0 Å².